The second-order valence-electron chi connectivity index (χ2n) is 6.05. The Kier molecular flexibility index (Phi) is 4.86. The third kappa shape index (κ3) is 4.54. The van der Waals surface area contributed by atoms with Gasteiger partial charge in [-0.25, -0.2) is 23.1 Å². The van der Waals surface area contributed by atoms with E-state index in [1.54, 1.807) is 4.90 Å². The van der Waals surface area contributed by atoms with Crippen molar-refractivity contribution in [1.82, 2.24) is 14.7 Å². The molecule has 0 aromatic carbocycles. The summed E-state index contributed by atoms with van der Waals surface area (Å²) in [7, 11) is -3.41. The van der Waals surface area contributed by atoms with Gasteiger partial charge in [-0.1, -0.05) is 13.8 Å². The minimum absolute atomic E-state index is 0.0386. The van der Waals surface area contributed by atoms with E-state index < -0.39 is 21.9 Å². The molecule has 1 N–H and O–H groups in total. The summed E-state index contributed by atoms with van der Waals surface area (Å²) in [4.78, 5) is 9.05. The van der Waals surface area contributed by atoms with Gasteiger partial charge in [-0.2, -0.15) is 13.2 Å². The third-order valence-electron chi connectivity index (χ3n) is 3.80. The molecule has 0 unspecified atom stereocenters. The lowest BCUT2D eigenvalue weighted by atomic mass is 9.92. The van der Waals surface area contributed by atoms with Crippen LogP contribution in [0.15, 0.2) is 12.3 Å². The molecule has 6 nitrogen and oxygen atoms in total. The van der Waals surface area contributed by atoms with Crippen LogP contribution >= 0.6 is 0 Å². The molecule has 2 rings (SSSR count). The number of sulfonamides is 1. The molecule has 1 fully saturated rings. The fourth-order valence-electron chi connectivity index (χ4n) is 2.73. The van der Waals surface area contributed by atoms with E-state index in [1.165, 1.54) is 0 Å². The molecule has 0 radical (unpaired) electrons. The number of hydrogen-bond donors (Lipinski definition) is 1. The Hall–Kier alpha value is -1.42. The van der Waals surface area contributed by atoms with Gasteiger partial charge in [0.05, 0.1) is 6.26 Å². The van der Waals surface area contributed by atoms with Crippen LogP contribution in [-0.4, -0.2) is 43.8 Å². The molecule has 23 heavy (non-hydrogen) atoms. The van der Waals surface area contributed by atoms with Crippen molar-refractivity contribution in [3.8, 4) is 0 Å². The lowest BCUT2D eigenvalue weighted by Crippen LogP contribution is -2.41. The maximum atomic E-state index is 12.8. The topological polar surface area (TPSA) is 75.2 Å². The number of nitrogens with zero attached hydrogens (tertiary/aromatic N) is 3. The van der Waals surface area contributed by atoms with Crippen LogP contribution in [0.5, 0.6) is 0 Å². The van der Waals surface area contributed by atoms with Crippen LogP contribution in [-0.2, 0) is 16.2 Å². The summed E-state index contributed by atoms with van der Waals surface area (Å²) < 4.78 is 63.8. The van der Waals surface area contributed by atoms with Crippen molar-refractivity contribution in [3.05, 3.63) is 18.0 Å². The van der Waals surface area contributed by atoms with Crippen molar-refractivity contribution >= 4 is 16.0 Å². The van der Waals surface area contributed by atoms with Crippen LogP contribution in [0.25, 0.3) is 0 Å². The van der Waals surface area contributed by atoms with Crippen LogP contribution in [0.1, 0.15) is 19.5 Å². The molecule has 1 aromatic heterocycles. The van der Waals surface area contributed by atoms with Gasteiger partial charge in [0, 0.05) is 25.3 Å². The molecule has 0 amide bonds. The van der Waals surface area contributed by atoms with E-state index in [2.05, 4.69) is 14.7 Å². The van der Waals surface area contributed by atoms with Gasteiger partial charge < -0.3 is 4.90 Å². The zero-order valence-electron chi connectivity index (χ0n) is 13.0. The Morgan fingerprint density at radius 1 is 1.35 bits per heavy atom. The van der Waals surface area contributed by atoms with E-state index in [0.29, 0.717) is 6.54 Å². The smallest absolute Gasteiger partial charge is 0.339 e. The Bertz CT molecular complexity index is 663. The summed E-state index contributed by atoms with van der Waals surface area (Å²) in [6, 6.07) is 0.425. The highest BCUT2D eigenvalue weighted by molar-refractivity contribution is 7.88. The summed E-state index contributed by atoms with van der Waals surface area (Å²) in [5.74, 6) is 0.0798. The van der Waals surface area contributed by atoms with Crippen LogP contribution in [0.2, 0.25) is 0 Å². The van der Waals surface area contributed by atoms with E-state index in [1.807, 2.05) is 13.8 Å². The number of rotatable bonds is 4. The SMILES string of the molecule is CC(C)[C@@H]1CN(c2nccc(C(F)(F)F)n2)C[C@H]1NS(C)(=O)=O. The molecular weight excluding hydrogens is 333 g/mol. The molecule has 10 heteroatoms. The van der Waals surface area contributed by atoms with Gasteiger partial charge in [0.1, 0.15) is 5.69 Å². The molecular formula is C13H19F3N4O2S. The largest absolute Gasteiger partial charge is 0.433 e. The standard InChI is InChI=1S/C13H19F3N4O2S/c1-8(2)9-6-20(7-10(9)19-23(3,21)22)12-17-5-4-11(18-12)13(14,15)16/h4-5,8-10,19H,6-7H2,1-3H3/t9-,10+/m0/s1. The Morgan fingerprint density at radius 2 is 2.00 bits per heavy atom. The predicted molar refractivity (Wildman–Crippen MR) is 79.3 cm³/mol. The van der Waals surface area contributed by atoms with Crippen LogP contribution in [0.3, 0.4) is 0 Å². The molecule has 2 heterocycles. The van der Waals surface area contributed by atoms with Crippen LogP contribution < -0.4 is 9.62 Å². The number of anilines is 1. The van der Waals surface area contributed by atoms with Gasteiger partial charge in [-0.3, -0.25) is 0 Å². The molecule has 0 bridgehead atoms. The summed E-state index contributed by atoms with van der Waals surface area (Å²) in [5, 5.41) is 0. The van der Waals surface area contributed by atoms with E-state index >= 15 is 0 Å². The normalized spacial score (nSPS) is 22.8. The average Bonchev–Trinajstić information content (AvgIpc) is 2.79. The maximum Gasteiger partial charge on any atom is 0.433 e. The summed E-state index contributed by atoms with van der Waals surface area (Å²) >= 11 is 0. The van der Waals surface area contributed by atoms with Crippen molar-refractivity contribution in [3.63, 3.8) is 0 Å². The van der Waals surface area contributed by atoms with Crippen LogP contribution in [0.4, 0.5) is 19.1 Å². The zero-order valence-corrected chi connectivity index (χ0v) is 13.8. The Labute approximate surface area is 133 Å². The fraction of sp³-hybridized carbons (Fsp3) is 0.692. The number of alkyl halides is 3. The van der Waals surface area contributed by atoms with Gasteiger partial charge in [0.15, 0.2) is 0 Å². The van der Waals surface area contributed by atoms with Gasteiger partial charge in [-0.05, 0) is 17.9 Å². The molecule has 0 spiro atoms. The summed E-state index contributed by atoms with van der Waals surface area (Å²) in [6.45, 7) is 4.51. The lowest BCUT2D eigenvalue weighted by molar-refractivity contribution is -0.141. The molecule has 1 saturated heterocycles. The molecule has 0 aliphatic carbocycles. The van der Waals surface area contributed by atoms with Crippen molar-refractivity contribution in [2.45, 2.75) is 26.1 Å². The summed E-state index contributed by atoms with van der Waals surface area (Å²) in [6.07, 6.45) is -2.42. The van der Waals surface area contributed by atoms with Crippen LogP contribution in [0, 0.1) is 11.8 Å². The molecule has 1 aliphatic heterocycles. The number of halogens is 3. The highest BCUT2D eigenvalue weighted by Crippen LogP contribution is 2.31. The van der Waals surface area contributed by atoms with Gasteiger partial charge >= 0.3 is 6.18 Å². The summed E-state index contributed by atoms with van der Waals surface area (Å²) in [5.41, 5.74) is -1.01. The monoisotopic (exact) mass is 352 g/mol. The lowest BCUT2D eigenvalue weighted by Gasteiger charge is -2.21. The molecule has 2 atom stereocenters. The van der Waals surface area contributed by atoms with Gasteiger partial charge in [-0.15, -0.1) is 0 Å². The molecule has 0 saturated carbocycles. The van der Waals surface area contributed by atoms with Gasteiger partial charge in [0.2, 0.25) is 16.0 Å². The minimum Gasteiger partial charge on any atom is -0.339 e. The second kappa shape index (κ2) is 6.23. The fourth-order valence-corrected chi connectivity index (χ4v) is 3.53. The number of aromatic nitrogens is 2. The predicted octanol–water partition coefficient (Wildman–Crippen LogP) is 1.51. The molecule has 130 valence electrons. The third-order valence-corrected chi connectivity index (χ3v) is 4.53. The first-order valence-corrected chi connectivity index (χ1v) is 8.99. The van der Waals surface area contributed by atoms with Crippen molar-refractivity contribution in [2.24, 2.45) is 11.8 Å². The van der Waals surface area contributed by atoms with E-state index in [9.17, 15) is 21.6 Å². The van der Waals surface area contributed by atoms with Crippen molar-refractivity contribution < 1.29 is 21.6 Å². The first kappa shape index (κ1) is 17.9. The van der Waals surface area contributed by atoms with Crippen molar-refractivity contribution in [1.29, 1.82) is 0 Å². The zero-order chi connectivity index (χ0) is 17.4. The number of nitrogens with one attached hydrogen (secondary N) is 1. The first-order valence-electron chi connectivity index (χ1n) is 7.10. The maximum absolute atomic E-state index is 12.8. The Morgan fingerprint density at radius 3 is 2.52 bits per heavy atom. The van der Waals surface area contributed by atoms with Crippen molar-refractivity contribution in [2.75, 3.05) is 24.2 Å². The second-order valence-corrected chi connectivity index (χ2v) is 7.83. The molecule has 1 aromatic rings. The Balaban J connectivity index is 2.25. The van der Waals surface area contributed by atoms with E-state index in [-0.39, 0.29) is 30.4 Å². The number of hydrogen-bond acceptors (Lipinski definition) is 5. The first-order chi connectivity index (χ1) is 10.5. The van der Waals surface area contributed by atoms with Gasteiger partial charge in [0.25, 0.3) is 0 Å². The quantitative estimate of drug-likeness (QED) is 0.889. The van der Waals surface area contributed by atoms with E-state index in [4.69, 9.17) is 0 Å². The highest BCUT2D eigenvalue weighted by atomic mass is 32.2. The average molecular weight is 352 g/mol. The molecule has 1 aliphatic rings. The highest BCUT2D eigenvalue weighted by Gasteiger charge is 2.38. The minimum atomic E-state index is -4.54. The van der Waals surface area contributed by atoms with E-state index in [0.717, 1.165) is 18.5 Å².